The van der Waals surface area contributed by atoms with E-state index < -0.39 is 13.3 Å². The average Bonchev–Trinajstić information content (AvgIpc) is 3.08. The second-order valence-corrected chi connectivity index (χ2v) is 18.7. The number of fused-ring (bicyclic) bond motifs is 1. The number of hydrogen-bond donors (Lipinski definition) is 0. The molecule has 0 radical (unpaired) electrons. The number of benzene rings is 7. The van der Waals surface area contributed by atoms with E-state index in [4.69, 9.17) is 0 Å². The van der Waals surface area contributed by atoms with Gasteiger partial charge in [0.25, 0.3) is 0 Å². The van der Waals surface area contributed by atoms with E-state index in [0.29, 0.717) is 0 Å². The van der Waals surface area contributed by atoms with Gasteiger partial charge in [-0.05, 0) is 0 Å². The Kier molecular flexibility index (Phi) is 7.36. The van der Waals surface area contributed by atoms with Crippen LogP contribution in [0.15, 0.2) is 182 Å². The third-order valence-corrected chi connectivity index (χ3v) is 18.3. The maximum absolute atomic E-state index is 14.1. The van der Waals surface area contributed by atoms with Gasteiger partial charge >= 0.3 is 256 Å². The second kappa shape index (κ2) is 11.8. The molecule has 0 saturated heterocycles. The Morgan fingerprint density at radius 1 is 0.372 bits per heavy atom. The van der Waals surface area contributed by atoms with Gasteiger partial charge < -0.3 is 0 Å². The minimum absolute atomic E-state index is 0.247. The fourth-order valence-electron chi connectivity index (χ4n) is 6.35. The molecule has 0 aromatic heterocycles. The molecule has 0 spiro atoms. The third-order valence-electron chi connectivity index (χ3n) is 8.27. The zero-order valence-corrected chi connectivity index (χ0v) is 25.7. The number of halogens is 1. The monoisotopic (exact) mass is 617 g/mol. The Hall–Kier alpha value is -4.93. The number of anilines is 3. The van der Waals surface area contributed by atoms with Crippen molar-refractivity contribution in [2.45, 2.75) is 0 Å². The van der Waals surface area contributed by atoms with E-state index in [1.54, 1.807) is 0 Å². The molecule has 7 rings (SSSR count). The van der Waals surface area contributed by atoms with E-state index in [9.17, 15) is 4.39 Å². The first kappa shape index (κ1) is 26.9. The van der Waals surface area contributed by atoms with Crippen molar-refractivity contribution in [3.8, 4) is 0 Å². The van der Waals surface area contributed by atoms with Gasteiger partial charge in [0.2, 0.25) is 0 Å². The first-order chi connectivity index (χ1) is 21.2. The molecule has 7 aromatic carbocycles. The second-order valence-electron chi connectivity index (χ2n) is 10.7. The fraction of sp³-hybridized carbons (Fsp3) is 0. The third kappa shape index (κ3) is 4.94. The molecule has 0 fully saturated rings. The first-order valence-corrected chi connectivity index (χ1v) is 18.8. The molecule has 43 heavy (non-hydrogen) atoms. The summed E-state index contributed by atoms with van der Waals surface area (Å²) in [6.07, 6.45) is 0. The molecule has 206 valence electrons. The van der Waals surface area contributed by atoms with Gasteiger partial charge in [-0.15, -0.1) is 0 Å². The van der Waals surface area contributed by atoms with Crippen molar-refractivity contribution in [3.63, 3.8) is 0 Å². The van der Waals surface area contributed by atoms with Crippen LogP contribution in [0.4, 0.5) is 21.5 Å². The van der Waals surface area contributed by atoms with Gasteiger partial charge in [-0.25, -0.2) is 0 Å². The molecule has 0 aliphatic carbocycles. The van der Waals surface area contributed by atoms with Crippen LogP contribution in [0.1, 0.15) is 0 Å². The normalized spacial score (nSPS) is 11.4. The van der Waals surface area contributed by atoms with Gasteiger partial charge in [0, 0.05) is 0 Å². The van der Waals surface area contributed by atoms with E-state index in [-0.39, 0.29) is 5.82 Å². The van der Waals surface area contributed by atoms with Crippen molar-refractivity contribution in [1.29, 1.82) is 0 Å². The molecule has 0 aliphatic rings. The van der Waals surface area contributed by atoms with Gasteiger partial charge in [0.05, 0.1) is 0 Å². The molecule has 0 atom stereocenters. The van der Waals surface area contributed by atoms with Gasteiger partial charge in [0.1, 0.15) is 0 Å². The molecule has 0 aliphatic heterocycles. The van der Waals surface area contributed by atoms with Crippen molar-refractivity contribution in [2.75, 3.05) is 4.90 Å². The van der Waals surface area contributed by atoms with Crippen LogP contribution in [0, 0.1) is 5.82 Å². The molecule has 1 nitrogen and oxygen atoms in total. The summed E-state index contributed by atoms with van der Waals surface area (Å²) in [5.41, 5.74) is 2.99. The summed E-state index contributed by atoms with van der Waals surface area (Å²) < 4.78 is 19.6. The van der Waals surface area contributed by atoms with Crippen molar-refractivity contribution in [2.24, 2.45) is 0 Å². The Labute approximate surface area is 254 Å². The summed E-state index contributed by atoms with van der Waals surface area (Å²) in [4.78, 5) is 2.23. The van der Waals surface area contributed by atoms with Gasteiger partial charge in [-0.1, -0.05) is 0 Å². The fourth-order valence-corrected chi connectivity index (χ4v) is 16.3. The molecule has 0 saturated carbocycles. The summed E-state index contributed by atoms with van der Waals surface area (Å²) in [5, 5.41) is 2.30. The molecule has 0 unspecified atom stereocenters. The maximum atomic E-state index is 14.1. The summed E-state index contributed by atoms with van der Waals surface area (Å²) in [6.45, 7) is 0. The molecule has 0 N–H and O–H groups in total. The van der Waals surface area contributed by atoms with E-state index in [2.05, 4.69) is 163 Å². The number of nitrogens with zero attached hydrogens (tertiary/aromatic N) is 1. The standard InChI is InChI=1S/C40H30FGeN/c41-32-23-27-37(28-24-32)43(40-22-12-14-31-13-10-11-21-39(31)40)38-29-25-36(26-30-38)42(33-15-4-1-5-16-33,34-17-6-2-7-18-34)35-19-8-3-9-20-35/h1-30H. The van der Waals surface area contributed by atoms with Crippen molar-refractivity contribution < 1.29 is 4.39 Å². The van der Waals surface area contributed by atoms with Crippen LogP contribution in [0.2, 0.25) is 0 Å². The number of hydrogen-bond acceptors (Lipinski definition) is 1. The molecular formula is C40H30FGeN. The minimum atomic E-state index is -3.37. The van der Waals surface area contributed by atoms with Crippen LogP contribution < -0.4 is 22.5 Å². The summed E-state index contributed by atoms with van der Waals surface area (Å²) in [6, 6.07) is 63.7. The van der Waals surface area contributed by atoms with Gasteiger partial charge in [0.15, 0.2) is 0 Å². The van der Waals surface area contributed by atoms with Crippen LogP contribution in [0.3, 0.4) is 0 Å². The molecule has 7 aromatic rings. The quantitative estimate of drug-likeness (QED) is 0.165. The van der Waals surface area contributed by atoms with Gasteiger partial charge in [-0.2, -0.15) is 0 Å². The van der Waals surface area contributed by atoms with Crippen LogP contribution in [-0.4, -0.2) is 13.3 Å². The predicted molar refractivity (Wildman–Crippen MR) is 182 cm³/mol. The van der Waals surface area contributed by atoms with Crippen LogP contribution >= 0.6 is 0 Å². The van der Waals surface area contributed by atoms with Gasteiger partial charge in [-0.3, -0.25) is 0 Å². The van der Waals surface area contributed by atoms with Crippen LogP contribution in [0.25, 0.3) is 10.8 Å². The Morgan fingerprint density at radius 2 is 0.791 bits per heavy atom. The Morgan fingerprint density at radius 3 is 1.33 bits per heavy atom. The first-order valence-electron chi connectivity index (χ1n) is 14.6. The van der Waals surface area contributed by atoms with Crippen molar-refractivity contribution >= 4 is 58.7 Å². The van der Waals surface area contributed by atoms with E-state index in [1.807, 2.05) is 12.1 Å². The Balaban J connectivity index is 1.45. The molecule has 0 amide bonds. The predicted octanol–water partition coefficient (Wildman–Crippen LogP) is 7.83. The van der Waals surface area contributed by atoms with E-state index in [1.165, 1.54) is 29.7 Å². The summed E-state index contributed by atoms with van der Waals surface area (Å²) in [7, 11) is 0. The average molecular weight is 616 g/mol. The Bertz CT molecular complexity index is 1850. The van der Waals surface area contributed by atoms with E-state index in [0.717, 1.165) is 27.8 Å². The molecule has 0 heterocycles. The molecule has 3 heteroatoms. The zero-order chi connectivity index (χ0) is 29.1. The topological polar surface area (TPSA) is 3.24 Å². The number of rotatable bonds is 7. The molecule has 0 bridgehead atoms. The summed E-state index contributed by atoms with van der Waals surface area (Å²) >= 11 is -3.37. The zero-order valence-electron chi connectivity index (χ0n) is 23.6. The van der Waals surface area contributed by atoms with Crippen molar-refractivity contribution in [3.05, 3.63) is 188 Å². The van der Waals surface area contributed by atoms with Crippen LogP contribution in [-0.2, 0) is 0 Å². The van der Waals surface area contributed by atoms with Crippen molar-refractivity contribution in [1.82, 2.24) is 0 Å². The molecular weight excluding hydrogens is 586 g/mol. The SMILES string of the molecule is Fc1ccc(N(c2cc[c]([Ge]([c]3ccccc3)([c]3ccccc3)[c]3ccccc3)cc2)c2cccc3ccccc23)cc1. The van der Waals surface area contributed by atoms with E-state index >= 15 is 0 Å². The van der Waals surface area contributed by atoms with Crippen LogP contribution in [0.5, 0.6) is 0 Å². The summed E-state index contributed by atoms with van der Waals surface area (Å²) in [5.74, 6) is -0.247.